The molecule has 0 radical (unpaired) electrons. The molecule has 2 rings (SSSR count). The maximum absolute atomic E-state index is 9.96. The van der Waals surface area contributed by atoms with Gasteiger partial charge >= 0.3 is 0 Å². The largest absolute Gasteiger partial charge is 0.382 e. The van der Waals surface area contributed by atoms with Crippen LogP contribution in [0.5, 0.6) is 0 Å². The zero-order chi connectivity index (χ0) is 11.2. The molecule has 0 aliphatic heterocycles. The summed E-state index contributed by atoms with van der Waals surface area (Å²) in [5.74, 6) is 1.93. The first-order valence-electron chi connectivity index (χ1n) is 5.63. The molecule has 15 heavy (non-hydrogen) atoms. The Bertz CT molecular complexity index is 338. The summed E-state index contributed by atoms with van der Waals surface area (Å²) in [6.07, 6.45) is 1.60. The van der Waals surface area contributed by atoms with Gasteiger partial charge in [0.1, 0.15) is 11.4 Å². The molecule has 0 aromatic carbocycles. The lowest BCUT2D eigenvalue weighted by molar-refractivity contribution is 0.140. The Balaban J connectivity index is 2.40. The minimum absolute atomic E-state index is 0.297. The average molecular weight is 209 g/mol. The van der Waals surface area contributed by atoms with Crippen LogP contribution < -0.4 is 0 Å². The smallest absolute Gasteiger partial charge is 0.182 e. The molecule has 1 aliphatic rings. The number of nitrogens with zero attached hydrogens (tertiary/aromatic N) is 3. The third kappa shape index (κ3) is 1.78. The van der Waals surface area contributed by atoms with Crippen LogP contribution in [0.4, 0.5) is 0 Å². The molecule has 4 heteroatoms. The summed E-state index contributed by atoms with van der Waals surface area (Å²) in [6.45, 7) is 8.37. The van der Waals surface area contributed by atoms with Gasteiger partial charge in [0.25, 0.3) is 0 Å². The molecule has 1 aromatic rings. The molecular weight excluding hydrogens is 190 g/mol. The van der Waals surface area contributed by atoms with Crippen molar-refractivity contribution >= 4 is 0 Å². The molecule has 0 saturated heterocycles. The van der Waals surface area contributed by atoms with Crippen molar-refractivity contribution in [2.45, 2.75) is 58.1 Å². The molecule has 4 nitrogen and oxygen atoms in total. The summed E-state index contributed by atoms with van der Waals surface area (Å²) < 4.78 is 1.93. The summed E-state index contributed by atoms with van der Waals surface area (Å²) in [6, 6.07) is 0.297. The molecule has 1 fully saturated rings. The Morgan fingerprint density at radius 3 is 2.20 bits per heavy atom. The quantitative estimate of drug-likeness (QED) is 0.828. The van der Waals surface area contributed by atoms with E-state index in [0.29, 0.717) is 17.8 Å². The monoisotopic (exact) mass is 209 g/mol. The van der Waals surface area contributed by atoms with Gasteiger partial charge in [-0.1, -0.05) is 13.8 Å². The average Bonchev–Trinajstić information content (AvgIpc) is 2.74. The van der Waals surface area contributed by atoms with E-state index in [0.717, 1.165) is 18.7 Å². The van der Waals surface area contributed by atoms with Crippen LogP contribution >= 0.6 is 0 Å². The Morgan fingerprint density at radius 2 is 1.87 bits per heavy atom. The highest BCUT2D eigenvalue weighted by molar-refractivity contribution is 5.13. The Labute approximate surface area is 90.3 Å². The molecule has 1 heterocycles. The van der Waals surface area contributed by atoms with Gasteiger partial charge in [-0.05, 0) is 26.7 Å². The van der Waals surface area contributed by atoms with Crippen LogP contribution in [-0.4, -0.2) is 19.9 Å². The standard InChI is InChI=1S/C11H19N3O/c1-7(2)9-12-10(11(15)5-6-11)13-14(9)8(3)4/h7-8,15H,5-6H2,1-4H3. The predicted molar refractivity (Wildman–Crippen MR) is 57.6 cm³/mol. The molecule has 84 valence electrons. The van der Waals surface area contributed by atoms with Crippen LogP contribution in [0.25, 0.3) is 0 Å². The van der Waals surface area contributed by atoms with Crippen molar-refractivity contribution < 1.29 is 5.11 Å². The Morgan fingerprint density at radius 1 is 1.27 bits per heavy atom. The van der Waals surface area contributed by atoms with Gasteiger partial charge in [-0.2, -0.15) is 5.10 Å². The molecule has 1 aliphatic carbocycles. The number of hydrogen-bond donors (Lipinski definition) is 1. The van der Waals surface area contributed by atoms with Crippen LogP contribution in [0.3, 0.4) is 0 Å². The first-order valence-corrected chi connectivity index (χ1v) is 5.63. The third-order valence-corrected chi connectivity index (χ3v) is 2.80. The molecule has 1 N–H and O–H groups in total. The van der Waals surface area contributed by atoms with E-state index < -0.39 is 5.60 Å². The van der Waals surface area contributed by atoms with Crippen molar-refractivity contribution in [3.8, 4) is 0 Å². The van der Waals surface area contributed by atoms with Crippen molar-refractivity contribution in [1.82, 2.24) is 14.8 Å². The third-order valence-electron chi connectivity index (χ3n) is 2.80. The van der Waals surface area contributed by atoms with Gasteiger partial charge in [-0.25, -0.2) is 9.67 Å². The molecule has 1 aromatic heterocycles. The summed E-state index contributed by atoms with van der Waals surface area (Å²) in [4.78, 5) is 4.47. The summed E-state index contributed by atoms with van der Waals surface area (Å²) in [5.41, 5.74) is -0.718. The molecule has 0 unspecified atom stereocenters. The highest BCUT2D eigenvalue weighted by Gasteiger charge is 2.46. The second-order valence-corrected chi connectivity index (χ2v) is 5.02. The number of aliphatic hydroxyl groups is 1. The van der Waals surface area contributed by atoms with Gasteiger partial charge in [0.05, 0.1) is 0 Å². The number of rotatable bonds is 3. The van der Waals surface area contributed by atoms with Gasteiger partial charge in [-0.3, -0.25) is 0 Å². The van der Waals surface area contributed by atoms with Crippen molar-refractivity contribution in [3.63, 3.8) is 0 Å². The lowest BCUT2D eigenvalue weighted by Gasteiger charge is -2.10. The number of aromatic nitrogens is 3. The van der Waals surface area contributed by atoms with Crippen LogP contribution in [0.1, 0.15) is 64.1 Å². The van der Waals surface area contributed by atoms with E-state index in [2.05, 4.69) is 37.8 Å². The predicted octanol–water partition coefficient (Wildman–Crippen LogP) is 1.96. The molecule has 0 atom stereocenters. The van der Waals surface area contributed by atoms with E-state index in [1.165, 1.54) is 0 Å². The van der Waals surface area contributed by atoms with Gasteiger partial charge in [0.15, 0.2) is 5.82 Å². The fourth-order valence-corrected chi connectivity index (χ4v) is 1.65. The molecule has 1 saturated carbocycles. The van der Waals surface area contributed by atoms with Crippen LogP contribution in [0, 0.1) is 0 Å². The van der Waals surface area contributed by atoms with Gasteiger partial charge < -0.3 is 5.11 Å². The normalized spacial score (nSPS) is 18.9. The zero-order valence-corrected chi connectivity index (χ0v) is 9.86. The van der Waals surface area contributed by atoms with E-state index in [9.17, 15) is 5.11 Å². The molecular formula is C11H19N3O. The minimum Gasteiger partial charge on any atom is -0.382 e. The summed E-state index contributed by atoms with van der Waals surface area (Å²) in [5, 5.41) is 14.4. The fraction of sp³-hybridized carbons (Fsp3) is 0.818. The topological polar surface area (TPSA) is 50.9 Å². The summed E-state index contributed by atoms with van der Waals surface area (Å²) >= 11 is 0. The van der Waals surface area contributed by atoms with Crippen molar-refractivity contribution in [2.24, 2.45) is 0 Å². The highest BCUT2D eigenvalue weighted by atomic mass is 16.3. The van der Waals surface area contributed by atoms with Crippen molar-refractivity contribution in [1.29, 1.82) is 0 Å². The summed E-state index contributed by atoms with van der Waals surface area (Å²) in [7, 11) is 0. The molecule has 0 bridgehead atoms. The highest BCUT2D eigenvalue weighted by Crippen LogP contribution is 2.44. The molecule has 0 amide bonds. The second kappa shape index (κ2) is 3.30. The van der Waals surface area contributed by atoms with Crippen LogP contribution in [0.15, 0.2) is 0 Å². The SMILES string of the molecule is CC(C)c1nc(C2(O)CC2)nn1C(C)C. The molecule has 0 spiro atoms. The fourth-order valence-electron chi connectivity index (χ4n) is 1.65. The first-order chi connectivity index (χ1) is 6.94. The van der Waals surface area contributed by atoms with E-state index in [1.807, 2.05) is 4.68 Å². The van der Waals surface area contributed by atoms with E-state index in [-0.39, 0.29) is 0 Å². The lowest BCUT2D eigenvalue weighted by Crippen LogP contribution is -2.10. The van der Waals surface area contributed by atoms with Crippen molar-refractivity contribution in [3.05, 3.63) is 11.6 Å². The number of hydrogen-bond acceptors (Lipinski definition) is 3. The maximum Gasteiger partial charge on any atom is 0.182 e. The zero-order valence-electron chi connectivity index (χ0n) is 9.86. The van der Waals surface area contributed by atoms with Gasteiger partial charge in [0.2, 0.25) is 0 Å². The second-order valence-electron chi connectivity index (χ2n) is 5.02. The Hall–Kier alpha value is -0.900. The van der Waals surface area contributed by atoms with Crippen LogP contribution in [0.2, 0.25) is 0 Å². The lowest BCUT2D eigenvalue weighted by atomic mass is 10.2. The van der Waals surface area contributed by atoms with Gasteiger partial charge in [0, 0.05) is 12.0 Å². The van der Waals surface area contributed by atoms with E-state index in [4.69, 9.17) is 0 Å². The van der Waals surface area contributed by atoms with Crippen molar-refractivity contribution in [2.75, 3.05) is 0 Å². The van der Waals surface area contributed by atoms with E-state index in [1.54, 1.807) is 0 Å². The minimum atomic E-state index is -0.718. The van der Waals surface area contributed by atoms with E-state index >= 15 is 0 Å². The van der Waals surface area contributed by atoms with Gasteiger partial charge in [-0.15, -0.1) is 0 Å². The maximum atomic E-state index is 9.96. The Kier molecular flexibility index (Phi) is 2.34. The first kappa shape index (κ1) is 10.6. The van der Waals surface area contributed by atoms with Crippen LogP contribution in [-0.2, 0) is 5.60 Å².